The Kier molecular flexibility index (Phi) is 6.68. The van der Waals surface area contributed by atoms with Crippen LogP contribution in [-0.2, 0) is 11.3 Å². The Morgan fingerprint density at radius 2 is 1.80 bits per heavy atom. The summed E-state index contributed by atoms with van der Waals surface area (Å²) in [5, 5.41) is 19.6. The first kappa shape index (κ1) is 28.1. The van der Waals surface area contributed by atoms with Crippen LogP contribution < -0.4 is 25.2 Å². The number of benzene rings is 2. The average molecular weight is 602 g/mol. The van der Waals surface area contributed by atoms with Crippen LogP contribution in [0.3, 0.4) is 0 Å². The molecular weight excluding hydrogens is 570 g/mol. The number of pyridine rings is 1. The van der Waals surface area contributed by atoms with Gasteiger partial charge in [0.15, 0.2) is 11.5 Å². The first-order chi connectivity index (χ1) is 21.2. The van der Waals surface area contributed by atoms with Gasteiger partial charge in [0.2, 0.25) is 11.6 Å². The molecule has 5 heterocycles. The first-order valence-corrected chi connectivity index (χ1v) is 14.5. The van der Waals surface area contributed by atoms with Gasteiger partial charge in [-0.1, -0.05) is 18.2 Å². The summed E-state index contributed by atoms with van der Waals surface area (Å²) in [5.74, 6) is -0.119. The van der Waals surface area contributed by atoms with E-state index in [1.807, 2.05) is 0 Å². The molecule has 1 fully saturated rings. The smallest absolute Gasteiger partial charge is 0.315 e. The summed E-state index contributed by atoms with van der Waals surface area (Å²) in [6.45, 7) is 1.26. The second-order valence-electron chi connectivity index (χ2n) is 11.6. The molecule has 1 saturated heterocycles. The van der Waals surface area contributed by atoms with E-state index < -0.39 is 17.0 Å². The number of hydrogen-bond acceptors (Lipinski definition) is 8. The number of likely N-dealkylation sites (tertiary alicyclic amines) is 1. The van der Waals surface area contributed by atoms with Gasteiger partial charge in [-0.05, 0) is 36.6 Å². The van der Waals surface area contributed by atoms with Crippen LogP contribution in [0.25, 0.3) is 0 Å². The molecule has 1 aromatic heterocycles. The van der Waals surface area contributed by atoms with E-state index in [-0.39, 0.29) is 48.2 Å². The lowest BCUT2D eigenvalue weighted by Crippen LogP contribution is -3.00. The molecule has 0 saturated carbocycles. The van der Waals surface area contributed by atoms with Crippen molar-refractivity contribution in [3.63, 3.8) is 0 Å². The molecule has 2 aromatic carbocycles. The van der Waals surface area contributed by atoms with Crippen LogP contribution in [0.5, 0.6) is 11.5 Å². The van der Waals surface area contributed by atoms with Crippen molar-refractivity contribution in [3.8, 4) is 11.5 Å². The van der Waals surface area contributed by atoms with Crippen molar-refractivity contribution in [1.29, 1.82) is 0 Å². The van der Waals surface area contributed by atoms with E-state index in [1.165, 1.54) is 20.3 Å². The number of quaternary nitrogens is 1. The second-order valence-corrected chi connectivity index (χ2v) is 11.6. The molecule has 228 valence electrons. The van der Waals surface area contributed by atoms with Gasteiger partial charge in [-0.3, -0.25) is 24.1 Å². The van der Waals surface area contributed by atoms with Crippen LogP contribution in [0, 0.1) is 11.1 Å². The number of methoxy groups -OCH3 is 2. The molecule has 7 rings (SSSR count). The highest BCUT2D eigenvalue weighted by atomic mass is 16.8. The first-order valence-electron chi connectivity index (χ1n) is 14.5. The van der Waals surface area contributed by atoms with Gasteiger partial charge < -0.3 is 29.0 Å². The largest absolute Gasteiger partial charge is 0.595 e. The molecule has 3 amide bonds. The highest BCUT2D eigenvalue weighted by Crippen LogP contribution is 2.49. The fraction of sp³-hybridized carbons (Fsp3) is 0.355. The number of carbonyl (C=O) groups is 3. The molecule has 4 aliphatic heterocycles. The van der Waals surface area contributed by atoms with E-state index in [4.69, 9.17) is 9.47 Å². The fourth-order valence-electron chi connectivity index (χ4n) is 7.34. The minimum atomic E-state index is -1.25. The number of anilines is 1. The summed E-state index contributed by atoms with van der Waals surface area (Å²) in [7, 11) is 2.96. The fourth-order valence-corrected chi connectivity index (χ4v) is 7.34. The van der Waals surface area contributed by atoms with Gasteiger partial charge in [-0.2, -0.15) is 5.23 Å². The Bertz CT molecular complexity index is 1770. The number of aromatic nitrogens is 1. The van der Waals surface area contributed by atoms with Gasteiger partial charge in [-0.25, -0.2) is 5.21 Å². The molecular formula is C31H31N5O8. The number of piperidine rings is 1. The number of para-hydroxylation sites is 1. The lowest BCUT2D eigenvalue weighted by molar-refractivity contribution is -0.992. The standard InChI is InChI=1S/C31H31N5O8/c1-43-24-10-7-20-26(27(24)44-2)31(40)35-22-6-4-3-5-19(22)29(38)33(28(20)35)12-11-25(37)32-14-17-13-18(16-32)21-8-9-23(36(41)42)30(39)34(21)15-17/h3-10,17-18,28,36,41H,11-16H2,1-2H3. The predicted molar refractivity (Wildman–Crippen MR) is 155 cm³/mol. The third-order valence-electron chi connectivity index (χ3n) is 9.24. The number of amides is 3. The van der Waals surface area contributed by atoms with Crippen LogP contribution >= 0.6 is 0 Å². The van der Waals surface area contributed by atoms with Crippen molar-refractivity contribution in [3.05, 3.63) is 86.5 Å². The number of ether oxygens (including phenoxy) is 2. The number of fused-ring (bicyclic) bond motifs is 9. The van der Waals surface area contributed by atoms with E-state index in [0.29, 0.717) is 53.5 Å². The zero-order valence-corrected chi connectivity index (χ0v) is 24.2. The normalized spacial score (nSPS) is 22.2. The van der Waals surface area contributed by atoms with Crippen LogP contribution in [-0.4, -0.2) is 71.1 Å². The molecule has 0 radical (unpaired) electrons. The Balaban J connectivity index is 1.16. The molecule has 2 bridgehead atoms. The van der Waals surface area contributed by atoms with E-state index in [0.717, 1.165) is 12.1 Å². The summed E-state index contributed by atoms with van der Waals surface area (Å²) in [5.41, 5.74) is 1.75. The average Bonchev–Trinajstić information content (AvgIpc) is 3.32. The van der Waals surface area contributed by atoms with Crippen LogP contribution in [0.2, 0.25) is 0 Å². The Labute approximate surface area is 251 Å². The van der Waals surface area contributed by atoms with Crippen molar-refractivity contribution >= 4 is 29.1 Å². The van der Waals surface area contributed by atoms with Crippen LogP contribution in [0.1, 0.15) is 56.9 Å². The number of rotatable bonds is 6. The molecule has 13 nitrogen and oxygen atoms in total. The molecule has 44 heavy (non-hydrogen) atoms. The van der Waals surface area contributed by atoms with Crippen molar-refractivity contribution in [2.24, 2.45) is 5.92 Å². The highest BCUT2D eigenvalue weighted by Gasteiger charge is 2.49. The van der Waals surface area contributed by atoms with Crippen molar-refractivity contribution < 1.29 is 34.3 Å². The second kappa shape index (κ2) is 10.5. The van der Waals surface area contributed by atoms with Crippen molar-refractivity contribution in [1.82, 2.24) is 14.4 Å². The van der Waals surface area contributed by atoms with E-state index in [2.05, 4.69) is 0 Å². The van der Waals surface area contributed by atoms with E-state index in [9.17, 15) is 29.6 Å². The molecule has 4 atom stereocenters. The van der Waals surface area contributed by atoms with Gasteiger partial charge in [0, 0.05) is 55.8 Å². The lowest BCUT2D eigenvalue weighted by Gasteiger charge is -2.43. The molecule has 0 spiro atoms. The van der Waals surface area contributed by atoms with Gasteiger partial charge >= 0.3 is 5.56 Å². The van der Waals surface area contributed by atoms with E-state index >= 15 is 0 Å². The predicted octanol–water partition coefficient (Wildman–Crippen LogP) is 1.42. The maximum atomic E-state index is 13.9. The van der Waals surface area contributed by atoms with Gasteiger partial charge in [0.25, 0.3) is 11.8 Å². The van der Waals surface area contributed by atoms with Crippen molar-refractivity contribution in [2.75, 3.05) is 38.8 Å². The quantitative estimate of drug-likeness (QED) is 0.403. The monoisotopic (exact) mass is 601 g/mol. The zero-order chi connectivity index (χ0) is 30.9. The Morgan fingerprint density at radius 3 is 2.55 bits per heavy atom. The number of nitrogens with one attached hydrogen (secondary N) is 1. The zero-order valence-electron chi connectivity index (χ0n) is 24.2. The van der Waals surface area contributed by atoms with Gasteiger partial charge in [0.1, 0.15) is 6.17 Å². The maximum Gasteiger partial charge on any atom is 0.315 e. The molecule has 4 aliphatic rings. The minimum absolute atomic E-state index is 0.00714. The number of nitrogens with zero attached hydrogens (tertiary/aromatic N) is 4. The molecule has 0 aliphatic carbocycles. The van der Waals surface area contributed by atoms with Gasteiger partial charge in [0.05, 0.1) is 31.0 Å². The molecule has 13 heteroatoms. The summed E-state index contributed by atoms with van der Waals surface area (Å²) in [4.78, 5) is 59.2. The SMILES string of the molecule is COc1ccc2c(c1OC)C(=O)N1c3ccccc3C(=O)N(CCC(=O)N3CC4CC(C3)c3ccc([NH+]([O-])O)c(=O)n3C4)C21. The van der Waals surface area contributed by atoms with Gasteiger partial charge in [-0.15, -0.1) is 0 Å². The molecule has 3 aromatic rings. The summed E-state index contributed by atoms with van der Waals surface area (Å²) in [6.07, 6.45) is 0.0905. The Hall–Kier alpha value is -4.72. The Morgan fingerprint density at radius 1 is 1.00 bits per heavy atom. The number of carbonyl (C=O) groups excluding carboxylic acids is 3. The topological polar surface area (TPSA) is 149 Å². The molecule has 2 N–H and O–H groups in total. The summed E-state index contributed by atoms with van der Waals surface area (Å²) >= 11 is 0. The highest BCUT2D eigenvalue weighted by molar-refractivity contribution is 6.18. The third-order valence-corrected chi connectivity index (χ3v) is 9.24. The number of hydrogen-bond donors (Lipinski definition) is 2. The maximum absolute atomic E-state index is 13.9. The minimum Gasteiger partial charge on any atom is -0.595 e. The molecule has 4 unspecified atom stereocenters. The summed E-state index contributed by atoms with van der Waals surface area (Å²) < 4.78 is 12.6. The van der Waals surface area contributed by atoms with Crippen LogP contribution in [0.4, 0.5) is 11.4 Å². The third kappa shape index (κ3) is 4.11. The summed E-state index contributed by atoms with van der Waals surface area (Å²) in [6, 6.07) is 13.4. The van der Waals surface area contributed by atoms with Crippen molar-refractivity contribution in [2.45, 2.75) is 31.5 Å². The van der Waals surface area contributed by atoms with E-state index in [1.54, 1.807) is 61.7 Å². The van der Waals surface area contributed by atoms with Crippen LogP contribution in [0.15, 0.2) is 53.3 Å². The lowest BCUT2D eigenvalue weighted by atomic mass is 9.83.